The van der Waals surface area contributed by atoms with Crippen LogP contribution in [-0.4, -0.2) is 18.8 Å². The number of halogens is 6. The molecular formula is C10H5ClF5O3. The highest BCUT2D eigenvalue weighted by atomic mass is 35.5. The van der Waals surface area contributed by atoms with Gasteiger partial charge in [-0.25, -0.2) is 4.79 Å². The molecule has 0 aliphatic rings. The summed E-state index contributed by atoms with van der Waals surface area (Å²) in [5, 5.41) is -0.476. The van der Waals surface area contributed by atoms with E-state index in [4.69, 9.17) is 11.6 Å². The van der Waals surface area contributed by atoms with Crippen LogP contribution in [0.25, 0.3) is 0 Å². The number of hydrogen-bond acceptors (Lipinski definition) is 3. The van der Waals surface area contributed by atoms with Crippen LogP contribution in [0.2, 0.25) is 5.02 Å². The third-order valence-corrected chi connectivity index (χ3v) is 2.16. The lowest BCUT2D eigenvalue weighted by Gasteiger charge is -2.20. The standard InChI is InChI=1S/C10H5ClF5O3/c11-7-3-6(4-18-5-17)1-2-8(7)19-10(15,16)9(12,13)14/h1-3H,4H2. The fourth-order valence-corrected chi connectivity index (χ4v) is 1.27. The van der Waals surface area contributed by atoms with Crippen LogP contribution >= 0.6 is 11.6 Å². The van der Waals surface area contributed by atoms with Gasteiger partial charge >= 0.3 is 18.8 Å². The fourth-order valence-electron chi connectivity index (χ4n) is 1.03. The lowest BCUT2D eigenvalue weighted by molar-refractivity contribution is -0.360. The van der Waals surface area contributed by atoms with Crippen LogP contribution in [0.1, 0.15) is 5.56 Å². The molecule has 0 atom stereocenters. The van der Waals surface area contributed by atoms with Crippen molar-refractivity contribution in [3.05, 3.63) is 28.8 Å². The van der Waals surface area contributed by atoms with Gasteiger partial charge in [-0.2, -0.15) is 22.0 Å². The van der Waals surface area contributed by atoms with Crippen molar-refractivity contribution in [1.82, 2.24) is 0 Å². The van der Waals surface area contributed by atoms with Crippen LogP contribution < -0.4 is 4.74 Å². The van der Waals surface area contributed by atoms with Gasteiger partial charge in [-0.3, -0.25) is 0 Å². The number of ether oxygens (including phenoxy) is 2. The van der Waals surface area contributed by atoms with E-state index in [-0.39, 0.29) is 12.2 Å². The molecule has 0 fully saturated rings. The van der Waals surface area contributed by atoms with E-state index in [1.807, 2.05) is 0 Å². The van der Waals surface area contributed by atoms with E-state index in [2.05, 4.69) is 9.47 Å². The zero-order valence-corrected chi connectivity index (χ0v) is 9.69. The van der Waals surface area contributed by atoms with E-state index >= 15 is 0 Å². The molecule has 0 saturated carbocycles. The van der Waals surface area contributed by atoms with Crippen molar-refractivity contribution in [3.63, 3.8) is 0 Å². The molecule has 0 heterocycles. The predicted molar refractivity (Wildman–Crippen MR) is 53.6 cm³/mol. The number of rotatable bonds is 5. The average Bonchev–Trinajstić information content (AvgIpc) is 2.28. The van der Waals surface area contributed by atoms with Crippen molar-refractivity contribution in [1.29, 1.82) is 0 Å². The largest absolute Gasteiger partial charge is 0.499 e. The number of hydrogen-bond donors (Lipinski definition) is 0. The van der Waals surface area contributed by atoms with Crippen LogP contribution in [0.5, 0.6) is 5.75 Å². The summed E-state index contributed by atoms with van der Waals surface area (Å²) < 4.78 is 68.8. The molecule has 19 heavy (non-hydrogen) atoms. The van der Waals surface area contributed by atoms with Crippen molar-refractivity contribution < 1.29 is 36.2 Å². The summed E-state index contributed by atoms with van der Waals surface area (Å²) in [5.41, 5.74) is 0.274. The van der Waals surface area contributed by atoms with E-state index in [1.54, 1.807) is 0 Å². The minimum atomic E-state index is -5.86. The van der Waals surface area contributed by atoms with Gasteiger partial charge in [0, 0.05) is 0 Å². The van der Waals surface area contributed by atoms with Gasteiger partial charge in [0.1, 0.15) is 12.4 Å². The first-order valence-corrected chi connectivity index (χ1v) is 4.96. The average molecular weight is 304 g/mol. The molecule has 0 bridgehead atoms. The lowest BCUT2D eigenvalue weighted by atomic mass is 10.2. The molecule has 1 rings (SSSR count). The van der Waals surface area contributed by atoms with E-state index in [0.717, 1.165) is 24.7 Å². The highest BCUT2D eigenvalue weighted by molar-refractivity contribution is 6.32. The summed E-state index contributed by atoms with van der Waals surface area (Å²) in [7, 11) is 0. The summed E-state index contributed by atoms with van der Waals surface area (Å²) in [5.74, 6) is -0.845. The van der Waals surface area contributed by atoms with Gasteiger partial charge in [0.25, 0.3) is 0 Å². The highest BCUT2D eigenvalue weighted by Gasteiger charge is 2.61. The fraction of sp³-hybridized carbons (Fsp3) is 0.300. The van der Waals surface area contributed by atoms with E-state index in [9.17, 15) is 26.7 Å². The Kier molecular flexibility index (Phi) is 4.56. The molecule has 105 valence electrons. The molecule has 0 aromatic heterocycles. The van der Waals surface area contributed by atoms with Crippen LogP contribution in [0, 0.1) is 0 Å². The first kappa shape index (κ1) is 15.5. The van der Waals surface area contributed by atoms with Crippen molar-refractivity contribution in [3.8, 4) is 5.75 Å². The second-order valence-electron chi connectivity index (χ2n) is 3.25. The Hall–Kier alpha value is -1.57. The van der Waals surface area contributed by atoms with Crippen LogP contribution in [0.15, 0.2) is 18.2 Å². The molecule has 0 N–H and O–H groups in total. The van der Waals surface area contributed by atoms with Crippen LogP contribution in [-0.2, 0) is 16.1 Å². The Morgan fingerprint density at radius 2 is 1.84 bits per heavy atom. The van der Waals surface area contributed by atoms with Gasteiger partial charge in [0.15, 0.2) is 0 Å². The third kappa shape index (κ3) is 3.95. The van der Waals surface area contributed by atoms with Crippen molar-refractivity contribution >= 4 is 18.1 Å². The summed E-state index contributed by atoms with van der Waals surface area (Å²) >= 11 is 5.48. The molecule has 0 aliphatic carbocycles. The molecule has 1 aromatic rings. The third-order valence-electron chi connectivity index (χ3n) is 1.86. The summed E-state index contributed by atoms with van der Waals surface area (Å²) in [6.45, 7) is 0.864. The topological polar surface area (TPSA) is 35.5 Å². The molecule has 0 amide bonds. The normalized spacial score (nSPS) is 12.1. The van der Waals surface area contributed by atoms with Crippen molar-refractivity contribution in [2.24, 2.45) is 0 Å². The van der Waals surface area contributed by atoms with Crippen LogP contribution in [0.3, 0.4) is 0 Å². The molecule has 0 unspecified atom stereocenters. The van der Waals surface area contributed by atoms with E-state index < -0.39 is 23.1 Å². The van der Waals surface area contributed by atoms with Gasteiger partial charge in [0.2, 0.25) is 0 Å². The second-order valence-corrected chi connectivity index (χ2v) is 3.66. The minimum Gasteiger partial charge on any atom is -0.452 e. The molecule has 9 heteroatoms. The molecule has 0 spiro atoms. The maximum Gasteiger partial charge on any atom is 0.499 e. The Morgan fingerprint density at radius 1 is 1.21 bits per heavy atom. The predicted octanol–water partition coefficient (Wildman–Crippen LogP) is 3.46. The van der Waals surface area contributed by atoms with Crippen molar-refractivity contribution in [2.45, 2.75) is 18.9 Å². The maximum atomic E-state index is 12.6. The van der Waals surface area contributed by atoms with Gasteiger partial charge in [-0.1, -0.05) is 17.7 Å². The van der Waals surface area contributed by atoms with Gasteiger partial charge in [-0.15, -0.1) is 0 Å². The molecule has 0 saturated heterocycles. The van der Waals surface area contributed by atoms with Crippen molar-refractivity contribution in [2.75, 3.05) is 0 Å². The zero-order chi connectivity index (χ0) is 14.7. The van der Waals surface area contributed by atoms with Gasteiger partial charge in [-0.05, 0) is 17.7 Å². The van der Waals surface area contributed by atoms with E-state index in [0.29, 0.717) is 0 Å². The first-order chi connectivity index (χ1) is 8.67. The lowest BCUT2D eigenvalue weighted by Crippen LogP contribution is -2.41. The first-order valence-electron chi connectivity index (χ1n) is 4.58. The van der Waals surface area contributed by atoms with E-state index in [1.165, 1.54) is 0 Å². The maximum absolute atomic E-state index is 12.6. The van der Waals surface area contributed by atoms with Crippen LogP contribution in [0.4, 0.5) is 22.0 Å². The quantitative estimate of drug-likeness (QED) is 0.782. The number of benzene rings is 1. The Bertz CT molecular complexity index is 461. The zero-order valence-electron chi connectivity index (χ0n) is 8.93. The number of carbonyl (C=O) groups excluding carboxylic acids is 1. The monoisotopic (exact) mass is 303 g/mol. The minimum absolute atomic E-state index is 0.251. The summed E-state index contributed by atoms with van der Waals surface area (Å²) in [6, 6.07) is 2.96. The Balaban J connectivity index is 2.89. The molecule has 3 nitrogen and oxygen atoms in total. The summed E-state index contributed by atoms with van der Waals surface area (Å²) in [4.78, 5) is 9.80. The van der Waals surface area contributed by atoms with Gasteiger partial charge in [0.05, 0.1) is 5.02 Å². The second kappa shape index (κ2) is 5.60. The van der Waals surface area contributed by atoms with Gasteiger partial charge < -0.3 is 9.47 Å². The number of alkyl halides is 5. The Labute approximate surface area is 108 Å². The molecule has 1 aromatic carbocycles. The smallest absolute Gasteiger partial charge is 0.452 e. The molecule has 0 aliphatic heterocycles. The molecular weight excluding hydrogens is 299 g/mol. The molecule has 1 radical (unpaired) electrons. The SMILES string of the molecule is O=[C]OCc1ccc(OC(F)(F)C(F)(F)F)c(Cl)c1. The Morgan fingerprint density at radius 3 is 2.32 bits per heavy atom. The highest BCUT2D eigenvalue weighted by Crippen LogP contribution is 2.39. The summed E-state index contributed by atoms with van der Waals surface area (Å²) in [6.07, 6.45) is -11.2.